The number of H-pyrrole nitrogens is 1. The van der Waals surface area contributed by atoms with Crippen molar-refractivity contribution in [3.05, 3.63) is 87.2 Å². The molecule has 3 heterocycles. The molecule has 5 aromatic rings. The summed E-state index contributed by atoms with van der Waals surface area (Å²) in [6, 6.07) is 9.82. The molecule has 1 unspecified atom stereocenters. The first-order valence-corrected chi connectivity index (χ1v) is 13.7. The highest BCUT2D eigenvalue weighted by molar-refractivity contribution is 6.40. The van der Waals surface area contributed by atoms with E-state index >= 15 is 0 Å². The van der Waals surface area contributed by atoms with Gasteiger partial charge >= 0.3 is 0 Å². The Kier molecular flexibility index (Phi) is 6.86. The van der Waals surface area contributed by atoms with Crippen LogP contribution in [-0.4, -0.2) is 41.9 Å². The lowest BCUT2D eigenvalue weighted by Gasteiger charge is -2.24. The number of amides is 1. The van der Waals surface area contributed by atoms with Gasteiger partial charge in [-0.2, -0.15) is 5.10 Å². The third-order valence-electron chi connectivity index (χ3n) is 7.11. The molecule has 1 amide bonds. The number of aromatic nitrogens is 6. The summed E-state index contributed by atoms with van der Waals surface area (Å²) in [7, 11) is 0. The number of halogens is 2. The maximum Gasteiger partial charge on any atom is 0.254 e. The quantitative estimate of drug-likeness (QED) is 0.281. The lowest BCUT2D eigenvalue weighted by Crippen LogP contribution is -2.39. The van der Waals surface area contributed by atoms with Crippen molar-refractivity contribution in [3.63, 3.8) is 0 Å². The summed E-state index contributed by atoms with van der Waals surface area (Å²) < 4.78 is 6.51. The van der Waals surface area contributed by atoms with E-state index in [0.29, 0.717) is 17.4 Å². The molecule has 2 aliphatic rings. The van der Waals surface area contributed by atoms with Crippen LogP contribution in [0, 0.1) is 13.8 Å². The van der Waals surface area contributed by atoms with E-state index in [9.17, 15) is 4.79 Å². The van der Waals surface area contributed by atoms with Gasteiger partial charge in [0.15, 0.2) is 0 Å². The first-order valence-electron chi connectivity index (χ1n) is 12.9. The maximum atomic E-state index is 13.0. The lowest BCUT2D eigenvalue weighted by molar-refractivity contribution is 0.0934. The third kappa shape index (κ3) is 5.42. The summed E-state index contributed by atoms with van der Waals surface area (Å²) in [4.78, 5) is 20.7. The molecule has 0 radical (unpaired) electrons. The molecule has 11 heteroatoms. The Hall–Kier alpha value is -3.69. The molecular formula is C28H27Cl2N7O2. The number of hydrogen-bond acceptors (Lipinski definition) is 6. The normalized spacial score (nSPS) is 16.5. The Morgan fingerprint density at radius 1 is 1.13 bits per heavy atom. The minimum Gasteiger partial charge on any atom is -0.428 e. The number of nitrogens with one attached hydrogen (secondary N) is 2. The van der Waals surface area contributed by atoms with Crippen molar-refractivity contribution in [3.8, 4) is 5.69 Å². The van der Waals surface area contributed by atoms with Gasteiger partial charge in [-0.05, 0) is 75.3 Å². The average molecular weight is 564 g/mol. The molecule has 0 bridgehead atoms. The Labute approximate surface area is 234 Å². The van der Waals surface area contributed by atoms with E-state index in [1.165, 1.54) is 41.4 Å². The van der Waals surface area contributed by atoms with E-state index in [0.717, 1.165) is 30.7 Å². The molecule has 1 saturated carbocycles. The molecule has 2 aliphatic carbocycles. The molecule has 1 atom stereocenters. The second kappa shape index (κ2) is 10.5. The third-order valence-corrected chi connectivity index (χ3v) is 7.70. The van der Waals surface area contributed by atoms with Crippen LogP contribution in [0.3, 0.4) is 0 Å². The van der Waals surface area contributed by atoms with Gasteiger partial charge in [0.25, 0.3) is 5.91 Å². The molecule has 39 heavy (non-hydrogen) atoms. The Bertz CT molecular complexity index is 1630. The van der Waals surface area contributed by atoms with Gasteiger partial charge in [-0.15, -0.1) is 10.2 Å². The van der Waals surface area contributed by atoms with Gasteiger partial charge in [-0.3, -0.25) is 4.79 Å². The molecule has 7 rings (SSSR count). The van der Waals surface area contributed by atoms with Crippen LogP contribution < -0.4 is 5.32 Å². The van der Waals surface area contributed by atoms with E-state index in [4.69, 9.17) is 27.6 Å². The second-order valence-electron chi connectivity index (χ2n) is 10.1. The number of aryl methyl sites for hydroxylation is 3. The van der Waals surface area contributed by atoms with Crippen LogP contribution in [0.2, 0.25) is 10.0 Å². The predicted molar refractivity (Wildman–Crippen MR) is 149 cm³/mol. The van der Waals surface area contributed by atoms with Gasteiger partial charge in [-0.1, -0.05) is 35.3 Å². The van der Waals surface area contributed by atoms with Crippen LogP contribution in [0.1, 0.15) is 64.1 Å². The highest BCUT2D eigenvalue weighted by Gasteiger charge is 2.28. The van der Waals surface area contributed by atoms with Crippen molar-refractivity contribution in [2.75, 3.05) is 0 Å². The topological polar surface area (TPSA) is 115 Å². The zero-order valence-electron chi connectivity index (χ0n) is 21.5. The number of carbonyl (C=O) groups is 1. The van der Waals surface area contributed by atoms with E-state index in [-0.39, 0.29) is 27.6 Å². The van der Waals surface area contributed by atoms with Gasteiger partial charge in [0.05, 0.1) is 21.3 Å². The number of nitrogens with zero attached hydrogens (tertiary/aromatic N) is 5. The Morgan fingerprint density at radius 3 is 2.59 bits per heavy atom. The zero-order chi connectivity index (χ0) is 27.1. The highest BCUT2D eigenvalue weighted by atomic mass is 35.5. The largest absolute Gasteiger partial charge is 0.428 e. The van der Waals surface area contributed by atoms with Crippen molar-refractivity contribution < 1.29 is 9.21 Å². The minimum atomic E-state index is -0.263. The predicted octanol–water partition coefficient (Wildman–Crippen LogP) is 5.91. The molecule has 200 valence electrons. The van der Waals surface area contributed by atoms with E-state index in [1.807, 2.05) is 0 Å². The minimum absolute atomic E-state index is 0.0186. The lowest BCUT2D eigenvalue weighted by atomic mass is 9.91. The Morgan fingerprint density at radius 2 is 1.92 bits per heavy atom. The van der Waals surface area contributed by atoms with Crippen LogP contribution >= 0.6 is 23.2 Å². The molecule has 1 fully saturated rings. The molecule has 0 saturated heterocycles. The summed E-state index contributed by atoms with van der Waals surface area (Å²) in [5, 5.41) is 16.5. The SMILES string of the molecule is Cc1ccc2c3c([nH]c2c1)CCC(NC(=O)c1c(Cl)cc(-n2cnc(C)n2)cc1Cl)C3.c1nnc(C2CC2)o1. The van der Waals surface area contributed by atoms with Gasteiger partial charge in [0.2, 0.25) is 12.3 Å². The molecule has 0 spiro atoms. The monoisotopic (exact) mass is 563 g/mol. The standard InChI is InChI=1S/C23H21Cl2N5O.C5H6N2O/c1-12-3-5-16-17-8-14(4-6-20(17)28-21(16)7-12)27-23(31)22-18(24)9-15(10-19(22)25)30-11-26-13(2)29-30;1-2-4(1)5-7-6-3-8-5/h3,5,7,9-11,14,28H,4,6,8H2,1-2H3,(H,27,31);3-4H,1-2H2. The van der Waals surface area contributed by atoms with Crippen LogP contribution in [0.4, 0.5) is 0 Å². The average Bonchev–Trinajstić information content (AvgIpc) is 3.27. The molecule has 0 aliphatic heterocycles. The molecular weight excluding hydrogens is 537 g/mol. The van der Waals surface area contributed by atoms with Crippen LogP contribution in [0.25, 0.3) is 16.6 Å². The molecule has 9 nitrogen and oxygen atoms in total. The second-order valence-corrected chi connectivity index (χ2v) is 10.9. The summed E-state index contributed by atoms with van der Waals surface area (Å²) in [5.74, 6) is 1.78. The summed E-state index contributed by atoms with van der Waals surface area (Å²) in [6.45, 7) is 3.89. The van der Waals surface area contributed by atoms with E-state index < -0.39 is 0 Å². The van der Waals surface area contributed by atoms with Crippen molar-refractivity contribution >= 4 is 40.0 Å². The number of carbonyl (C=O) groups excluding carboxylic acids is 1. The van der Waals surface area contributed by atoms with Gasteiger partial charge in [0, 0.05) is 28.6 Å². The van der Waals surface area contributed by atoms with Crippen LogP contribution in [-0.2, 0) is 12.8 Å². The van der Waals surface area contributed by atoms with Gasteiger partial charge < -0.3 is 14.7 Å². The first kappa shape index (κ1) is 25.6. The van der Waals surface area contributed by atoms with Crippen molar-refractivity contribution in [2.24, 2.45) is 0 Å². The van der Waals surface area contributed by atoms with Crippen molar-refractivity contribution in [1.29, 1.82) is 0 Å². The Balaban J connectivity index is 0.000000293. The van der Waals surface area contributed by atoms with E-state index in [2.05, 4.69) is 55.7 Å². The first-order chi connectivity index (χ1) is 18.9. The number of aromatic amines is 1. The summed E-state index contributed by atoms with van der Waals surface area (Å²) >= 11 is 12.9. The summed E-state index contributed by atoms with van der Waals surface area (Å²) in [5.41, 5.74) is 5.86. The fourth-order valence-corrected chi connectivity index (χ4v) is 5.64. The highest BCUT2D eigenvalue weighted by Crippen LogP contribution is 2.38. The van der Waals surface area contributed by atoms with Gasteiger partial charge in [0.1, 0.15) is 12.2 Å². The van der Waals surface area contributed by atoms with Crippen LogP contribution in [0.15, 0.2) is 47.5 Å². The smallest absolute Gasteiger partial charge is 0.254 e. The van der Waals surface area contributed by atoms with Crippen LogP contribution in [0.5, 0.6) is 0 Å². The zero-order valence-corrected chi connectivity index (χ0v) is 23.1. The fourth-order valence-electron chi connectivity index (χ4n) is 4.99. The number of benzene rings is 2. The number of fused-ring (bicyclic) bond motifs is 3. The summed E-state index contributed by atoms with van der Waals surface area (Å²) in [6.07, 6.45) is 7.93. The maximum absolute atomic E-state index is 13.0. The van der Waals surface area contributed by atoms with Crippen molar-refractivity contribution in [1.82, 2.24) is 35.3 Å². The van der Waals surface area contributed by atoms with Gasteiger partial charge in [-0.25, -0.2) is 9.67 Å². The number of rotatable bonds is 4. The molecule has 2 N–H and O–H groups in total. The van der Waals surface area contributed by atoms with Crippen molar-refractivity contribution in [2.45, 2.75) is 57.9 Å². The van der Waals surface area contributed by atoms with E-state index in [1.54, 1.807) is 30.1 Å². The molecule has 2 aromatic carbocycles. The molecule has 3 aromatic heterocycles. The number of hydrogen-bond donors (Lipinski definition) is 2. The fraction of sp³-hybridized carbons (Fsp3) is 0.321.